The average molecular weight is 416 g/mol. The van der Waals surface area contributed by atoms with Crippen LogP contribution in [0.1, 0.15) is 33.4 Å². The molecule has 0 amide bonds. The quantitative estimate of drug-likeness (QED) is 0.541. The minimum atomic E-state index is 0. The maximum absolute atomic E-state index is 3.17. The van der Waals surface area contributed by atoms with Crippen molar-refractivity contribution in [2.24, 2.45) is 0 Å². The molecule has 0 unspecified atom stereocenters. The van der Waals surface area contributed by atoms with E-state index in [0.717, 1.165) is 0 Å². The van der Waals surface area contributed by atoms with Gasteiger partial charge in [-0.15, -0.1) is 0 Å². The molecule has 0 saturated carbocycles. The van der Waals surface area contributed by atoms with Crippen molar-refractivity contribution in [3.8, 4) is 0 Å². The van der Waals surface area contributed by atoms with Gasteiger partial charge >= 0.3 is 0 Å². The molecule has 2 rings (SSSR count). The molecule has 0 aliphatic heterocycles. The summed E-state index contributed by atoms with van der Waals surface area (Å²) in [6.45, 7) is 12.6. The van der Waals surface area contributed by atoms with E-state index in [-0.39, 0.29) is 65.4 Å². The van der Waals surface area contributed by atoms with Gasteiger partial charge in [-0.25, -0.2) is 0 Å². The summed E-state index contributed by atoms with van der Waals surface area (Å²) in [7, 11) is 0. The molecule has 0 spiro atoms. The van der Waals surface area contributed by atoms with Gasteiger partial charge in [0.15, 0.2) is 0 Å². The van der Waals surface area contributed by atoms with Crippen LogP contribution in [0.15, 0.2) is 24.3 Å². The van der Waals surface area contributed by atoms with Gasteiger partial charge in [0, 0.05) is 65.4 Å². The van der Waals surface area contributed by atoms with Crippen molar-refractivity contribution >= 4 is 0 Å². The van der Waals surface area contributed by atoms with Crippen molar-refractivity contribution in [1.29, 1.82) is 0 Å². The SMILES string of the molecule is Cc1[c-]cc(C)c(C)c1.Cc1c[c-]c(C)c(C)c1.[Y].[Y]. The summed E-state index contributed by atoms with van der Waals surface area (Å²) in [6.07, 6.45) is 0. The molecule has 2 radical (unpaired) electrons. The van der Waals surface area contributed by atoms with Gasteiger partial charge in [-0.2, -0.15) is 69.8 Å². The number of rotatable bonds is 0. The topological polar surface area (TPSA) is 0 Å². The minimum Gasteiger partial charge on any atom is -0.180 e. The van der Waals surface area contributed by atoms with Gasteiger partial charge in [-0.3, -0.25) is 0 Å². The van der Waals surface area contributed by atoms with Gasteiger partial charge in [-0.1, -0.05) is 41.5 Å². The molecule has 0 saturated heterocycles. The van der Waals surface area contributed by atoms with E-state index in [2.05, 4.69) is 65.8 Å². The maximum Gasteiger partial charge on any atom is 0 e. The van der Waals surface area contributed by atoms with Crippen LogP contribution in [0.2, 0.25) is 0 Å². The van der Waals surface area contributed by atoms with Crippen LogP contribution in [-0.4, -0.2) is 0 Å². The molecule has 0 nitrogen and oxygen atoms in total. The summed E-state index contributed by atoms with van der Waals surface area (Å²) in [5.41, 5.74) is 7.76. The molecular formula is C18H22Y2-2. The predicted octanol–water partition coefficient (Wildman–Crippen LogP) is 4.82. The molecule has 0 bridgehead atoms. The summed E-state index contributed by atoms with van der Waals surface area (Å²) in [4.78, 5) is 0. The number of aryl methyl sites for hydroxylation is 6. The van der Waals surface area contributed by atoms with Crippen molar-refractivity contribution in [3.63, 3.8) is 0 Å². The van der Waals surface area contributed by atoms with E-state index in [4.69, 9.17) is 0 Å². The Balaban J connectivity index is 0. The molecule has 0 heterocycles. The van der Waals surface area contributed by atoms with E-state index in [1.165, 1.54) is 33.4 Å². The van der Waals surface area contributed by atoms with Crippen LogP contribution in [0.5, 0.6) is 0 Å². The Hall–Kier alpha value is 0.648. The first-order valence-corrected chi connectivity index (χ1v) is 6.31. The molecule has 0 fully saturated rings. The third kappa shape index (κ3) is 8.18. The summed E-state index contributed by atoms with van der Waals surface area (Å²) in [5.74, 6) is 0. The number of hydrogen-bond acceptors (Lipinski definition) is 0. The average Bonchev–Trinajstić information content (AvgIpc) is 2.30. The zero-order chi connectivity index (χ0) is 13.7. The first-order chi connectivity index (χ1) is 8.40. The Kier molecular flexibility index (Phi) is 12.9. The maximum atomic E-state index is 3.17. The van der Waals surface area contributed by atoms with Crippen LogP contribution in [0, 0.1) is 53.7 Å². The van der Waals surface area contributed by atoms with Gasteiger partial charge < -0.3 is 0 Å². The van der Waals surface area contributed by atoms with Gasteiger partial charge in [0.2, 0.25) is 0 Å². The molecule has 0 aromatic heterocycles. The van der Waals surface area contributed by atoms with Crippen molar-refractivity contribution in [2.75, 3.05) is 0 Å². The normalized spacial score (nSPS) is 8.70. The molecule has 0 atom stereocenters. The van der Waals surface area contributed by atoms with Crippen LogP contribution in [0.25, 0.3) is 0 Å². The van der Waals surface area contributed by atoms with Crippen LogP contribution < -0.4 is 0 Å². The van der Waals surface area contributed by atoms with Gasteiger partial charge in [0.1, 0.15) is 0 Å². The van der Waals surface area contributed by atoms with Crippen LogP contribution in [-0.2, 0) is 65.4 Å². The molecule has 20 heavy (non-hydrogen) atoms. The third-order valence-electron chi connectivity index (χ3n) is 3.12. The monoisotopic (exact) mass is 416 g/mol. The van der Waals surface area contributed by atoms with E-state index in [9.17, 15) is 0 Å². The second kappa shape index (κ2) is 11.2. The fraction of sp³-hybridized carbons (Fsp3) is 0.333. The van der Waals surface area contributed by atoms with Crippen molar-refractivity contribution in [2.45, 2.75) is 41.5 Å². The summed E-state index contributed by atoms with van der Waals surface area (Å²) < 4.78 is 0. The van der Waals surface area contributed by atoms with E-state index in [1.54, 1.807) is 0 Å². The molecule has 102 valence electrons. The van der Waals surface area contributed by atoms with Gasteiger partial charge in [-0.05, 0) is 0 Å². The molecular weight excluding hydrogens is 394 g/mol. The first kappa shape index (κ1) is 22.9. The molecule has 0 N–H and O–H groups in total. The second-order valence-corrected chi connectivity index (χ2v) is 4.97. The fourth-order valence-corrected chi connectivity index (χ4v) is 1.64. The van der Waals surface area contributed by atoms with Crippen LogP contribution in [0.3, 0.4) is 0 Å². The second-order valence-electron chi connectivity index (χ2n) is 4.97. The third-order valence-corrected chi connectivity index (χ3v) is 3.12. The molecule has 0 aliphatic rings. The Labute approximate surface area is 174 Å². The largest absolute Gasteiger partial charge is 0.180 e. The number of benzene rings is 2. The number of hydrogen-bond donors (Lipinski definition) is 0. The summed E-state index contributed by atoms with van der Waals surface area (Å²) in [6, 6.07) is 14.7. The Morgan fingerprint density at radius 2 is 1.25 bits per heavy atom. The summed E-state index contributed by atoms with van der Waals surface area (Å²) >= 11 is 0. The zero-order valence-corrected chi connectivity index (χ0v) is 19.1. The standard InChI is InChI=1S/2C9H11.2Y/c2*1-7-4-5-8(2)9(3)6-7;;/h5-6H,1-3H3;4,6H,1-3H3;;/q2*-1;;. The van der Waals surface area contributed by atoms with Crippen LogP contribution >= 0.6 is 0 Å². The molecule has 2 aromatic rings. The smallest absolute Gasteiger partial charge is 0 e. The van der Waals surface area contributed by atoms with Crippen molar-refractivity contribution in [3.05, 3.63) is 69.8 Å². The fourth-order valence-electron chi connectivity index (χ4n) is 1.64. The Bertz CT molecular complexity index is 481. The Morgan fingerprint density at radius 3 is 1.65 bits per heavy atom. The first-order valence-electron chi connectivity index (χ1n) is 6.31. The van der Waals surface area contributed by atoms with Gasteiger partial charge in [0.25, 0.3) is 0 Å². The molecule has 2 heteroatoms. The Morgan fingerprint density at radius 1 is 0.650 bits per heavy atom. The van der Waals surface area contributed by atoms with E-state index in [0.29, 0.717) is 0 Å². The summed E-state index contributed by atoms with van der Waals surface area (Å²) in [5, 5.41) is 0. The predicted molar refractivity (Wildman–Crippen MR) is 79.0 cm³/mol. The molecule has 2 aromatic carbocycles. The van der Waals surface area contributed by atoms with E-state index in [1.807, 2.05) is 12.1 Å². The van der Waals surface area contributed by atoms with Crippen molar-refractivity contribution in [1.82, 2.24) is 0 Å². The van der Waals surface area contributed by atoms with Crippen LogP contribution in [0.4, 0.5) is 0 Å². The molecule has 0 aliphatic carbocycles. The van der Waals surface area contributed by atoms with E-state index < -0.39 is 0 Å². The zero-order valence-electron chi connectivity index (χ0n) is 13.5. The van der Waals surface area contributed by atoms with E-state index >= 15 is 0 Å². The minimum absolute atomic E-state index is 0. The van der Waals surface area contributed by atoms with Crippen molar-refractivity contribution < 1.29 is 65.4 Å². The van der Waals surface area contributed by atoms with Gasteiger partial charge in [0.05, 0.1) is 0 Å².